The average Bonchev–Trinajstić information content (AvgIpc) is 2.70. The van der Waals surface area contributed by atoms with Gasteiger partial charge in [0, 0.05) is 6.26 Å². The molecule has 2 aromatic rings. The van der Waals surface area contributed by atoms with E-state index in [1.54, 1.807) is 19.1 Å². The van der Waals surface area contributed by atoms with Crippen molar-refractivity contribution in [2.45, 2.75) is 11.8 Å². The third-order valence-electron chi connectivity index (χ3n) is 2.61. The third-order valence-corrected chi connectivity index (χ3v) is 3.74. The molecule has 0 bridgehead atoms. The molecule has 0 atom stereocenters. The van der Waals surface area contributed by atoms with Crippen molar-refractivity contribution in [2.75, 3.05) is 6.26 Å². The van der Waals surface area contributed by atoms with Crippen LogP contribution in [0.3, 0.4) is 0 Å². The van der Waals surface area contributed by atoms with Crippen LogP contribution in [0.15, 0.2) is 29.2 Å². The van der Waals surface area contributed by atoms with E-state index in [9.17, 15) is 13.2 Å². The quantitative estimate of drug-likeness (QED) is 0.887. The van der Waals surface area contributed by atoms with Crippen molar-refractivity contribution in [1.82, 2.24) is 15.0 Å². The van der Waals surface area contributed by atoms with Crippen LogP contribution in [0.25, 0.3) is 5.69 Å². The van der Waals surface area contributed by atoms with E-state index in [1.165, 1.54) is 16.8 Å². The fourth-order valence-electron chi connectivity index (χ4n) is 1.61. The van der Waals surface area contributed by atoms with Crippen LogP contribution in [0, 0.1) is 6.92 Å². The van der Waals surface area contributed by atoms with Crippen LogP contribution in [0.2, 0.25) is 0 Å². The minimum Gasteiger partial charge on any atom is -0.476 e. The second kappa shape index (κ2) is 4.47. The molecule has 1 N–H and O–H groups in total. The van der Waals surface area contributed by atoms with E-state index < -0.39 is 15.8 Å². The Kier molecular flexibility index (Phi) is 3.11. The summed E-state index contributed by atoms with van der Waals surface area (Å²) < 4.78 is 24.0. The molecule has 0 aliphatic rings. The van der Waals surface area contributed by atoms with Crippen LogP contribution in [0.5, 0.6) is 0 Å². The predicted octanol–water partition coefficient (Wildman–Crippen LogP) is 0.677. The van der Waals surface area contributed by atoms with Gasteiger partial charge >= 0.3 is 5.97 Å². The highest BCUT2D eigenvalue weighted by Crippen LogP contribution is 2.15. The van der Waals surface area contributed by atoms with Gasteiger partial charge in [-0.05, 0) is 31.2 Å². The summed E-state index contributed by atoms with van der Waals surface area (Å²) in [7, 11) is -3.26. The van der Waals surface area contributed by atoms with Gasteiger partial charge in [-0.2, -0.15) is 0 Å². The molecule has 100 valence electrons. The molecule has 7 nitrogen and oxygen atoms in total. The van der Waals surface area contributed by atoms with Crippen LogP contribution in [-0.2, 0) is 9.84 Å². The Morgan fingerprint density at radius 1 is 1.26 bits per heavy atom. The van der Waals surface area contributed by atoms with E-state index in [0.29, 0.717) is 11.4 Å². The molecule has 0 saturated carbocycles. The van der Waals surface area contributed by atoms with E-state index in [4.69, 9.17) is 5.11 Å². The zero-order valence-corrected chi connectivity index (χ0v) is 11.0. The Hall–Kier alpha value is -2.22. The zero-order chi connectivity index (χ0) is 14.2. The molecule has 2 rings (SSSR count). The molecule has 0 aliphatic heterocycles. The number of benzene rings is 1. The van der Waals surface area contributed by atoms with Crippen molar-refractivity contribution in [2.24, 2.45) is 0 Å². The highest BCUT2D eigenvalue weighted by Gasteiger charge is 2.16. The Bertz CT molecular complexity index is 732. The number of rotatable bonds is 3. The average molecular weight is 281 g/mol. The van der Waals surface area contributed by atoms with Gasteiger partial charge in [-0.3, -0.25) is 0 Å². The van der Waals surface area contributed by atoms with Crippen LogP contribution in [0.4, 0.5) is 0 Å². The second-order valence-corrected chi connectivity index (χ2v) is 6.02. The van der Waals surface area contributed by atoms with E-state index >= 15 is 0 Å². The highest BCUT2D eigenvalue weighted by molar-refractivity contribution is 7.90. The lowest BCUT2D eigenvalue weighted by Gasteiger charge is -2.04. The minimum absolute atomic E-state index is 0.132. The number of hydrogen-bond acceptors (Lipinski definition) is 5. The third kappa shape index (κ3) is 2.48. The standard InChI is InChI=1S/C11H11N3O4S/c1-7-10(11(15)16)12-13-14(7)8-3-5-9(6-4-8)19(2,17)18/h3-6H,1-2H3,(H,15,16). The molecule has 1 aromatic carbocycles. The molecule has 1 heterocycles. The Morgan fingerprint density at radius 2 is 1.84 bits per heavy atom. The van der Waals surface area contributed by atoms with Crippen molar-refractivity contribution in [1.29, 1.82) is 0 Å². The molecular formula is C11H11N3O4S. The van der Waals surface area contributed by atoms with Gasteiger partial charge in [-0.25, -0.2) is 17.9 Å². The van der Waals surface area contributed by atoms with Gasteiger partial charge in [0.25, 0.3) is 0 Å². The monoisotopic (exact) mass is 281 g/mol. The smallest absolute Gasteiger partial charge is 0.358 e. The highest BCUT2D eigenvalue weighted by atomic mass is 32.2. The molecular weight excluding hydrogens is 270 g/mol. The first-order valence-corrected chi connectivity index (χ1v) is 7.16. The molecule has 0 aliphatic carbocycles. The molecule has 0 saturated heterocycles. The summed E-state index contributed by atoms with van der Waals surface area (Å²) in [6.45, 7) is 1.58. The molecule has 19 heavy (non-hydrogen) atoms. The largest absolute Gasteiger partial charge is 0.476 e. The number of carboxylic acid groups (broad SMARTS) is 1. The van der Waals surface area contributed by atoms with Crippen molar-refractivity contribution in [3.63, 3.8) is 0 Å². The lowest BCUT2D eigenvalue weighted by molar-refractivity contribution is 0.0689. The summed E-state index contributed by atoms with van der Waals surface area (Å²) in [5.74, 6) is -1.16. The van der Waals surface area contributed by atoms with Crippen molar-refractivity contribution >= 4 is 15.8 Å². The van der Waals surface area contributed by atoms with Crippen molar-refractivity contribution in [3.8, 4) is 5.69 Å². The minimum atomic E-state index is -3.26. The molecule has 1 aromatic heterocycles. The molecule has 0 radical (unpaired) electrons. The first-order valence-electron chi connectivity index (χ1n) is 5.27. The molecule has 0 amide bonds. The number of carbonyl (C=O) groups is 1. The molecule has 0 fully saturated rings. The van der Waals surface area contributed by atoms with Gasteiger partial charge < -0.3 is 5.11 Å². The second-order valence-electron chi connectivity index (χ2n) is 4.01. The zero-order valence-electron chi connectivity index (χ0n) is 10.2. The van der Waals surface area contributed by atoms with Crippen molar-refractivity contribution < 1.29 is 18.3 Å². The maximum absolute atomic E-state index is 11.3. The van der Waals surface area contributed by atoms with Crippen LogP contribution >= 0.6 is 0 Å². The number of aromatic carboxylic acids is 1. The summed E-state index contributed by atoms with van der Waals surface area (Å²) >= 11 is 0. The summed E-state index contributed by atoms with van der Waals surface area (Å²) in [6.07, 6.45) is 1.12. The normalized spacial score (nSPS) is 11.5. The molecule has 0 unspecified atom stereocenters. The van der Waals surface area contributed by atoms with E-state index in [-0.39, 0.29) is 10.6 Å². The molecule has 8 heteroatoms. The lowest BCUT2D eigenvalue weighted by Crippen LogP contribution is -2.03. The maximum atomic E-state index is 11.3. The van der Waals surface area contributed by atoms with Gasteiger partial charge in [-0.1, -0.05) is 5.21 Å². The summed E-state index contributed by atoms with van der Waals surface area (Å²) in [6, 6.07) is 5.96. The fourth-order valence-corrected chi connectivity index (χ4v) is 2.24. The SMILES string of the molecule is Cc1c(C(=O)O)nnn1-c1ccc(S(C)(=O)=O)cc1. The Balaban J connectivity index is 2.46. The van der Waals surface area contributed by atoms with Gasteiger partial charge in [0.1, 0.15) is 0 Å². The van der Waals surface area contributed by atoms with Gasteiger partial charge in [-0.15, -0.1) is 5.10 Å². The van der Waals surface area contributed by atoms with E-state index in [2.05, 4.69) is 10.3 Å². The fraction of sp³-hybridized carbons (Fsp3) is 0.182. The number of aromatic nitrogens is 3. The number of sulfone groups is 1. The van der Waals surface area contributed by atoms with Gasteiger partial charge in [0.15, 0.2) is 15.5 Å². The molecule has 0 spiro atoms. The van der Waals surface area contributed by atoms with Crippen LogP contribution < -0.4 is 0 Å². The first kappa shape index (κ1) is 13.2. The van der Waals surface area contributed by atoms with Gasteiger partial charge in [0.05, 0.1) is 16.3 Å². The van der Waals surface area contributed by atoms with Crippen LogP contribution in [-0.4, -0.2) is 40.7 Å². The first-order chi connectivity index (χ1) is 8.80. The van der Waals surface area contributed by atoms with Crippen LogP contribution in [0.1, 0.15) is 16.2 Å². The van der Waals surface area contributed by atoms with Crippen molar-refractivity contribution in [3.05, 3.63) is 35.7 Å². The van der Waals surface area contributed by atoms with E-state index in [1.807, 2.05) is 0 Å². The maximum Gasteiger partial charge on any atom is 0.358 e. The number of nitrogens with zero attached hydrogens (tertiary/aromatic N) is 3. The number of carboxylic acids is 1. The summed E-state index contributed by atoms with van der Waals surface area (Å²) in [5, 5.41) is 16.2. The predicted molar refractivity (Wildman–Crippen MR) is 66.2 cm³/mol. The topological polar surface area (TPSA) is 102 Å². The Morgan fingerprint density at radius 3 is 2.26 bits per heavy atom. The number of hydrogen-bond donors (Lipinski definition) is 1. The summed E-state index contributed by atoms with van der Waals surface area (Å²) in [5.41, 5.74) is 0.789. The Labute approximate surface area is 109 Å². The van der Waals surface area contributed by atoms with Gasteiger partial charge in [0.2, 0.25) is 0 Å². The lowest BCUT2D eigenvalue weighted by atomic mass is 10.3. The van der Waals surface area contributed by atoms with E-state index in [0.717, 1.165) is 6.26 Å². The summed E-state index contributed by atoms with van der Waals surface area (Å²) in [4.78, 5) is 11.0.